The Morgan fingerprint density at radius 2 is 2.00 bits per heavy atom. The molecule has 0 aromatic rings. The summed E-state index contributed by atoms with van der Waals surface area (Å²) in [6.45, 7) is 5.69. The zero-order valence-electron chi connectivity index (χ0n) is 9.16. The van der Waals surface area contributed by atoms with Gasteiger partial charge in [0.25, 0.3) is 0 Å². The van der Waals surface area contributed by atoms with E-state index < -0.39 is 11.4 Å². The second kappa shape index (κ2) is 3.89. The van der Waals surface area contributed by atoms with Gasteiger partial charge in [-0.1, -0.05) is 13.8 Å². The molecule has 2 N–H and O–H groups in total. The lowest BCUT2D eigenvalue weighted by Gasteiger charge is -2.35. The maximum Gasteiger partial charge on any atom is 0.309 e. The van der Waals surface area contributed by atoms with Gasteiger partial charge in [0, 0.05) is 0 Å². The van der Waals surface area contributed by atoms with Crippen molar-refractivity contribution >= 4 is 5.97 Å². The quantitative estimate of drug-likeness (QED) is 0.731. The van der Waals surface area contributed by atoms with Crippen LogP contribution in [0.5, 0.6) is 0 Å². The molecular weight excluding hydrogens is 180 g/mol. The van der Waals surface area contributed by atoms with Gasteiger partial charge in [-0.05, 0) is 38.0 Å². The fourth-order valence-corrected chi connectivity index (χ4v) is 2.40. The van der Waals surface area contributed by atoms with Crippen molar-refractivity contribution < 1.29 is 15.0 Å². The molecule has 1 aliphatic rings. The van der Waals surface area contributed by atoms with Gasteiger partial charge in [0.2, 0.25) is 0 Å². The van der Waals surface area contributed by atoms with Crippen LogP contribution < -0.4 is 0 Å². The van der Waals surface area contributed by atoms with Gasteiger partial charge < -0.3 is 10.2 Å². The highest BCUT2D eigenvalue weighted by Gasteiger charge is 2.46. The van der Waals surface area contributed by atoms with Crippen molar-refractivity contribution in [2.24, 2.45) is 17.3 Å². The number of aliphatic carboxylic acids is 1. The Morgan fingerprint density at radius 1 is 1.43 bits per heavy atom. The topological polar surface area (TPSA) is 57.5 Å². The van der Waals surface area contributed by atoms with E-state index in [0.29, 0.717) is 6.42 Å². The number of aliphatic hydroxyl groups is 1. The Morgan fingerprint density at radius 3 is 2.29 bits per heavy atom. The highest BCUT2D eigenvalue weighted by atomic mass is 16.4. The molecule has 1 rings (SSSR count). The second-order valence-electron chi connectivity index (χ2n) is 4.91. The van der Waals surface area contributed by atoms with E-state index in [9.17, 15) is 15.0 Å². The number of carboxylic acids is 1. The van der Waals surface area contributed by atoms with Gasteiger partial charge in [-0.3, -0.25) is 4.79 Å². The maximum atomic E-state index is 11.3. The summed E-state index contributed by atoms with van der Waals surface area (Å²) in [6, 6.07) is 0. The molecule has 3 heteroatoms. The van der Waals surface area contributed by atoms with Crippen LogP contribution in [0.4, 0.5) is 0 Å². The molecule has 1 aliphatic carbocycles. The standard InChI is InChI=1S/C11H20O3/c1-7(2)11(3,10(13)14)8-4-5-9(12)6-8/h7-9,12H,4-6H2,1-3H3,(H,13,14). The van der Waals surface area contributed by atoms with Crippen LogP contribution in [0, 0.1) is 17.3 Å². The van der Waals surface area contributed by atoms with Crippen LogP contribution in [-0.2, 0) is 4.79 Å². The lowest BCUT2D eigenvalue weighted by atomic mass is 9.68. The summed E-state index contributed by atoms with van der Waals surface area (Å²) in [7, 11) is 0. The Bertz CT molecular complexity index is 225. The van der Waals surface area contributed by atoms with Crippen molar-refractivity contribution in [1.29, 1.82) is 0 Å². The molecule has 3 unspecified atom stereocenters. The van der Waals surface area contributed by atoms with E-state index in [1.54, 1.807) is 0 Å². The molecule has 0 aromatic heterocycles. The molecule has 82 valence electrons. The van der Waals surface area contributed by atoms with Crippen molar-refractivity contribution in [1.82, 2.24) is 0 Å². The van der Waals surface area contributed by atoms with Crippen LogP contribution in [0.3, 0.4) is 0 Å². The third-order valence-corrected chi connectivity index (χ3v) is 3.91. The van der Waals surface area contributed by atoms with Crippen LogP contribution in [0.25, 0.3) is 0 Å². The summed E-state index contributed by atoms with van der Waals surface area (Å²) in [4.78, 5) is 11.3. The first-order chi connectivity index (χ1) is 6.39. The monoisotopic (exact) mass is 200 g/mol. The average Bonchev–Trinajstić information content (AvgIpc) is 2.49. The number of carboxylic acid groups (broad SMARTS) is 1. The lowest BCUT2D eigenvalue weighted by Crippen LogP contribution is -2.39. The van der Waals surface area contributed by atoms with Gasteiger partial charge in [0.15, 0.2) is 0 Å². The molecule has 1 saturated carbocycles. The van der Waals surface area contributed by atoms with Crippen molar-refractivity contribution in [2.75, 3.05) is 0 Å². The summed E-state index contributed by atoms with van der Waals surface area (Å²) >= 11 is 0. The van der Waals surface area contributed by atoms with Gasteiger partial charge in [-0.2, -0.15) is 0 Å². The minimum Gasteiger partial charge on any atom is -0.481 e. The summed E-state index contributed by atoms with van der Waals surface area (Å²) < 4.78 is 0. The van der Waals surface area contributed by atoms with Gasteiger partial charge >= 0.3 is 5.97 Å². The van der Waals surface area contributed by atoms with E-state index in [-0.39, 0.29) is 17.9 Å². The zero-order chi connectivity index (χ0) is 10.9. The average molecular weight is 200 g/mol. The van der Waals surface area contributed by atoms with E-state index in [4.69, 9.17) is 0 Å². The van der Waals surface area contributed by atoms with Gasteiger partial charge in [-0.15, -0.1) is 0 Å². The summed E-state index contributed by atoms with van der Waals surface area (Å²) in [5.74, 6) is -0.503. The van der Waals surface area contributed by atoms with Gasteiger partial charge in [0.1, 0.15) is 0 Å². The van der Waals surface area contributed by atoms with E-state index >= 15 is 0 Å². The molecule has 0 aliphatic heterocycles. The Labute approximate surface area is 85.1 Å². The molecule has 0 saturated heterocycles. The predicted molar refractivity (Wildman–Crippen MR) is 53.9 cm³/mol. The van der Waals surface area contributed by atoms with Gasteiger partial charge in [-0.25, -0.2) is 0 Å². The van der Waals surface area contributed by atoms with Crippen LogP contribution >= 0.6 is 0 Å². The third-order valence-electron chi connectivity index (χ3n) is 3.91. The second-order valence-corrected chi connectivity index (χ2v) is 4.91. The van der Waals surface area contributed by atoms with Crippen LogP contribution in [-0.4, -0.2) is 22.3 Å². The first-order valence-corrected chi connectivity index (χ1v) is 5.30. The zero-order valence-corrected chi connectivity index (χ0v) is 9.16. The first kappa shape index (κ1) is 11.5. The molecule has 0 amide bonds. The van der Waals surface area contributed by atoms with Crippen molar-refractivity contribution in [3.05, 3.63) is 0 Å². The molecule has 0 bridgehead atoms. The van der Waals surface area contributed by atoms with E-state index in [1.165, 1.54) is 0 Å². The smallest absolute Gasteiger partial charge is 0.309 e. The summed E-state index contributed by atoms with van der Waals surface area (Å²) in [5.41, 5.74) is -0.683. The number of carbonyl (C=O) groups is 1. The third kappa shape index (κ3) is 1.78. The molecule has 0 aromatic carbocycles. The van der Waals surface area contributed by atoms with Gasteiger partial charge in [0.05, 0.1) is 11.5 Å². The fraction of sp³-hybridized carbons (Fsp3) is 0.909. The molecule has 0 heterocycles. The van der Waals surface area contributed by atoms with Crippen molar-refractivity contribution in [2.45, 2.75) is 46.1 Å². The molecule has 3 nitrogen and oxygen atoms in total. The Hall–Kier alpha value is -0.570. The molecular formula is C11H20O3. The molecule has 0 radical (unpaired) electrons. The van der Waals surface area contributed by atoms with Crippen molar-refractivity contribution in [3.8, 4) is 0 Å². The number of aliphatic hydroxyl groups excluding tert-OH is 1. The first-order valence-electron chi connectivity index (χ1n) is 5.30. The summed E-state index contributed by atoms with van der Waals surface area (Å²) in [5, 5.41) is 18.7. The van der Waals surface area contributed by atoms with Crippen LogP contribution in [0.1, 0.15) is 40.0 Å². The molecule has 1 fully saturated rings. The number of hydrogen-bond donors (Lipinski definition) is 2. The fourth-order valence-electron chi connectivity index (χ4n) is 2.40. The predicted octanol–water partition coefficient (Wildman–Crippen LogP) is 1.89. The Balaban J connectivity index is 2.83. The normalized spacial score (nSPS) is 31.8. The number of rotatable bonds is 3. The highest BCUT2D eigenvalue weighted by Crippen LogP contribution is 2.44. The van der Waals surface area contributed by atoms with Crippen molar-refractivity contribution in [3.63, 3.8) is 0 Å². The van der Waals surface area contributed by atoms with Crippen LogP contribution in [0.15, 0.2) is 0 Å². The SMILES string of the molecule is CC(C)C(C)(C(=O)O)C1CCC(O)C1. The minimum absolute atomic E-state index is 0.107. The molecule has 0 spiro atoms. The minimum atomic E-state index is -0.730. The lowest BCUT2D eigenvalue weighted by molar-refractivity contribution is -0.154. The maximum absolute atomic E-state index is 11.3. The number of hydrogen-bond acceptors (Lipinski definition) is 2. The Kier molecular flexibility index (Phi) is 3.20. The van der Waals surface area contributed by atoms with Crippen LogP contribution in [0.2, 0.25) is 0 Å². The van der Waals surface area contributed by atoms with E-state index in [0.717, 1.165) is 12.8 Å². The van der Waals surface area contributed by atoms with E-state index in [2.05, 4.69) is 0 Å². The van der Waals surface area contributed by atoms with E-state index in [1.807, 2.05) is 20.8 Å². The molecule has 3 atom stereocenters. The largest absolute Gasteiger partial charge is 0.481 e. The molecule has 14 heavy (non-hydrogen) atoms. The summed E-state index contributed by atoms with van der Waals surface area (Å²) in [6.07, 6.45) is 1.93. The highest BCUT2D eigenvalue weighted by molar-refractivity contribution is 5.75.